The van der Waals surface area contributed by atoms with Crippen LogP contribution in [0.4, 0.5) is 0 Å². The van der Waals surface area contributed by atoms with Crippen molar-refractivity contribution in [3.8, 4) is 0 Å². The van der Waals surface area contributed by atoms with Gasteiger partial charge in [-0.2, -0.15) is 0 Å². The van der Waals surface area contributed by atoms with E-state index < -0.39 is 6.10 Å². The molecule has 3 heteroatoms. The number of rotatable bonds is 5. The molecule has 2 aliphatic carbocycles. The van der Waals surface area contributed by atoms with Crippen molar-refractivity contribution < 1.29 is 14.9 Å². The van der Waals surface area contributed by atoms with Crippen LogP contribution in [-0.2, 0) is 11.2 Å². The van der Waals surface area contributed by atoms with Crippen molar-refractivity contribution in [2.75, 3.05) is 6.61 Å². The molecule has 3 atom stereocenters. The molecule has 3 nitrogen and oxygen atoms in total. The normalized spacial score (nSPS) is 27.8. The summed E-state index contributed by atoms with van der Waals surface area (Å²) >= 11 is 0. The molecule has 2 N–H and O–H groups in total. The van der Waals surface area contributed by atoms with Crippen LogP contribution in [0.15, 0.2) is 42.5 Å². The van der Waals surface area contributed by atoms with Crippen LogP contribution in [0.25, 0.3) is 0 Å². The molecule has 1 heterocycles. The number of hydrogen-bond acceptors (Lipinski definition) is 3. The van der Waals surface area contributed by atoms with Gasteiger partial charge in [0.2, 0.25) is 0 Å². The third kappa shape index (κ3) is 5.21. The minimum Gasteiger partial charge on any atom is -0.394 e. The summed E-state index contributed by atoms with van der Waals surface area (Å²) in [6.07, 6.45) is 12.6. The Balaban J connectivity index is 1.24. The quantitative estimate of drug-likeness (QED) is 0.558. The second-order valence-corrected chi connectivity index (χ2v) is 11.1. The van der Waals surface area contributed by atoms with Crippen molar-refractivity contribution in [1.82, 2.24) is 0 Å². The van der Waals surface area contributed by atoms with Crippen molar-refractivity contribution in [2.45, 2.75) is 102 Å². The minimum atomic E-state index is -0.415. The first-order valence-electron chi connectivity index (χ1n) is 13.2. The van der Waals surface area contributed by atoms with Gasteiger partial charge >= 0.3 is 0 Å². The van der Waals surface area contributed by atoms with Crippen LogP contribution in [0.2, 0.25) is 0 Å². The predicted octanol–water partition coefficient (Wildman–Crippen LogP) is 6.38. The molecule has 2 saturated carbocycles. The van der Waals surface area contributed by atoms with Gasteiger partial charge in [0.25, 0.3) is 0 Å². The second kappa shape index (κ2) is 9.90. The molecule has 1 spiro atoms. The maximum absolute atomic E-state index is 10.2. The summed E-state index contributed by atoms with van der Waals surface area (Å²) in [5, 5.41) is 19.7. The molecule has 33 heavy (non-hydrogen) atoms. The lowest BCUT2D eigenvalue weighted by atomic mass is 9.68. The zero-order chi connectivity index (χ0) is 22.8. The van der Waals surface area contributed by atoms with Crippen LogP contribution in [0.3, 0.4) is 0 Å². The molecule has 0 bridgehead atoms. The highest BCUT2D eigenvalue weighted by molar-refractivity contribution is 5.37. The number of benzene rings is 2. The Morgan fingerprint density at radius 1 is 0.909 bits per heavy atom. The van der Waals surface area contributed by atoms with Crippen LogP contribution < -0.4 is 0 Å². The Labute approximate surface area is 199 Å². The van der Waals surface area contributed by atoms with Crippen LogP contribution in [0.1, 0.15) is 104 Å². The Hall–Kier alpha value is -1.68. The number of hydrogen-bond donors (Lipinski definition) is 2. The molecule has 5 rings (SSSR count). The van der Waals surface area contributed by atoms with E-state index in [4.69, 9.17) is 4.74 Å². The lowest BCUT2D eigenvalue weighted by Gasteiger charge is -2.37. The highest BCUT2D eigenvalue weighted by Crippen LogP contribution is 2.52. The monoisotopic (exact) mass is 448 g/mol. The lowest BCUT2D eigenvalue weighted by molar-refractivity contribution is -0.113. The van der Waals surface area contributed by atoms with Crippen molar-refractivity contribution >= 4 is 0 Å². The van der Waals surface area contributed by atoms with Crippen molar-refractivity contribution in [1.29, 1.82) is 0 Å². The molecule has 3 aliphatic rings. The molecule has 178 valence electrons. The molecule has 3 fully saturated rings. The molecule has 0 radical (unpaired) electrons. The minimum absolute atomic E-state index is 0.0411. The fourth-order valence-corrected chi connectivity index (χ4v) is 6.72. The van der Waals surface area contributed by atoms with E-state index in [0.29, 0.717) is 18.3 Å². The molecule has 0 aromatic heterocycles. The summed E-state index contributed by atoms with van der Waals surface area (Å²) in [4.78, 5) is 0. The van der Waals surface area contributed by atoms with E-state index in [0.717, 1.165) is 17.9 Å². The summed E-state index contributed by atoms with van der Waals surface area (Å²) in [5.74, 6) is 0.740. The summed E-state index contributed by atoms with van der Waals surface area (Å²) in [6, 6.07) is 15.9. The van der Waals surface area contributed by atoms with Gasteiger partial charge < -0.3 is 14.9 Å². The standard InChI is InChI=1S/C30H40O3/c1-21-4-7-25(29-19-27(32)18-28(20-31)33-29)17-26(21)16-22-5-8-23(9-6-22)24-10-14-30(15-11-24)12-2-3-13-30/h4-9,17,24,27-29,31-32H,2-3,10-16,18-20H2,1H3. The first kappa shape index (κ1) is 23.1. The van der Waals surface area contributed by atoms with Gasteiger partial charge in [-0.3, -0.25) is 0 Å². The third-order valence-electron chi connectivity index (χ3n) is 8.88. The number of aryl methyl sites for hydroxylation is 1. The van der Waals surface area contributed by atoms with Crippen molar-refractivity contribution in [3.63, 3.8) is 0 Å². The molecular formula is C30H40O3. The average molecular weight is 449 g/mol. The summed E-state index contributed by atoms with van der Waals surface area (Å²) in [7, 11) is 0. The maximum Gasteiger partial charge on any atom is 0.0854 e. The Morgan fingerprint density at radius 2 is 1.61 bits per heavy atom. The van der Waals surface area contributed by atoms with Gasteiger partial charge in [-0.25, -0.2) is 0 Å². The largest absolute Gasteiger partial charge is 0.394 e. The Kier molecular flexibility index (Phi) is 6.92. The lowest BCUT2D eigenvalue weighted by Crippen LogP contribution is -2.33. The van der Waals surface area contributed by atoms with E-state index in [1.807, 2.05) is 0 Å². The fraction of sp³-hybridized carbons (Fsp3) is 0.600. The number of ether oxygens (including phenoxy) is 1. The predicted molar refractivity (Wildman–Crippen MR) is 132 cm³/mol. The van der Waals surface area contributed by atoms with Crippen molar-refractivity contribution in [3.05, 3.63) is 70.3 Å². The van der Waals surface area contributed by atoms with Gasteiger partial charge in [0, 0.05) is 12.8 Å². The zero-order valence-corrected chi connectivity index (χ0v) is 20.1. The third-order valence-corrected chi connectivity index (χ3v) is 8.88. The van der Waals surface area contributed by atoms with E-state index in [1.54, 1.807) is 0 Å². The SMILES string of the molecule is Cc1ccc(C2CC(O)CC(CO)O2)cc1Cc1ccc(C2CCC3(CCCC3)CC2)cc1. The van der Waals surface area contributed by atoms with E-state index in [1.165, 1.54) is 73.6 Å². The first-order chi connectivity index (χ1) is 16.0. The smallest absolute Gasteiger partial charge is 0.0854 e. The molecule has 3 unspecified atom stereocenters. The van der Waals surface area contributed by atoms with E-state index in [-0.39, 0.29) is 18.8 Å². The first-order valence-corrected chi connectivity index (χ1v) is 13.2. The highest BCUT2D eigenvalue weighted by atomic mass is 16.5. The topological polar surface area (TPSA) is 49.7 Å². The van der Waals surface area contributed by atoms with Gasteiger partial charge in [-0.05, 0) is 91.0 Å². The number of aliphatic hydroxyl groups excluding tert-OH is 2. The van der Waals surface area contributed by atoms with Crippen LogP contribution >= 0.6 is 0 Å². The molecule has 1 aliphatic heterocycles. The summed E-state index contributed by atoms with van der Waals surface area (Å²) < 4.78 is 6.04. The second-order valence-electron chi connectivity index (χ2n) is 11.1. The summed E-state index contributed by atoms with van der Waals surface area (Å²) in [6.45, 7) is 2.13. The number of aliphatic hydroxyl groups is 2. The highest BCUT2D eigenvalue weighted by Gasteiger charge is 2.37. The molecule has 0 amide bonds. The van der Waals surface area contributed by atoms with Crippen LogP contribution in [0.5, 0.6) is 0 Å². The van der Waals surface area contributed by atoms with Gasteiger partial charge in [0.15, 0.2) is 0 Å². The van der Waals surface area contributed by atoms with E-state index in [2.05, 4.69) is 49.4 Å². The fourth-order valence-electron chi connectivity index (χ4n) is 6.72. The van der Waals surface area contributed by atoms with Gasteiger partial charge in [0.1, 0.15) is 0 Å². The van der Waals surface area contributed by atoms with Crippen molar-refractivity contribution in [2.24, 2.45) is 5.41 Å². The Morgan fingerprint density at radius 3 is 2.30 bits per heavy atom. The van der Waals surface area contributed by atoms with E-state index >= 15 is 0 Å². The molecule has 2 aromatic rings. The van der Waals surface area contributed by atoms with Crippen LogP contribution in [-0.4, -0.2) is 29.0 Å². The zero-order valence-electron chi connectivity index (χ0n) is 20.1. The van der Waals surface area contributed by atoms with E-state index in [9.17, 15) is 10.2 Å². The van der Waals surface area contributed by atoms with Gasteiger partial charge in [-0.15, -0.1) is 0 Å². The van der Waals surface area contributed by atoms with Crippen LogP contribution in [0, 0.1) is 12.3 Å². The summed E-state index contributed by atoms with van der Waals surface area (Å²) in [5.41, 5.74) is 7.27. The average Bonchev–Trinajstić information content (AvgIpc) is 3.29. The van der Waals surface area contributed by atoms with Gasteiger partial charge in [0.05, 0.1) is 24.9 Å². The van der Waals surface area contributed by atoms with Gasteiger partial charge in [-0.1, -0.05) is 55.3 Å². The molecule has 2 aromatic carbocycles. The molecule has 1 saturated heterocycles. The Bertz CT molecular complexity index is 918. The maximum atomic E-state index is 10.2. The molecular weight excluding hydrogens is 408 g/mol.